The molecule has 1 saturated heterocycles. The predicted octanol–water partition coefficient (Wildman–Crippen LogP) is 2.05. The van der Waals surface area contributed by atoms with Crippen molar-refractivity contribution < 1.29 is 14.1 Å². The Labute approximate surface area is 128 Å². The third kappa shape index (κ3) is 2.41. The van der Waals surface area contributed by atoms with E-state index < -0.39 is 0 Å². The fraction of sp³-hybridized carbons (Fsp3) is 0.533. The summed E-state index contributed by atoms with van der Waals surface area (Å²) in [7, 11) is 1.90. The smallest absolute Gasteiger partial charge is 0.230 e. The fourth-order valence-corrected chi connectivity index (χ4v) is 2.99. The van der Waals surface area contributed by atoms with Gasteiger partial charge in [0.05, 0.1) is 23.9 Å². The molecule has 1 aliphatic heterocycles. The number of aryl methyl sites for hydroxylation is 3. The van der Waals surface area contributed by atoms with Crippen LogP contribution in [0.25, 0.3) is 0 Å². The minimum Gasteiger partial charge on any atom is -0.373 e. The zero-order valence-corrected chi connectivity index (χ0v) is 13.2. The molecule has 22 heavy (non-hydrogen) atoms. The van der Waals surface area contributed by atoms with E-state index in [0.717, 1.165) is 17.0 Å². The Morgan fingerprint density at radius 2 is 2.18 bits per heavy atom. The lowest BCUT2D eigenvalue weighted by molar-refractivity contribution is -0.121. The van der Waals surface area contributed by atoms with Crippen molar-refractivity contribution in [2.45, 2.75) is 33.3 Å². The van der Waals surface area contributed by atoms with Crippen molar-refractivity contribution in [2.24, 2.45) is 13.0 Å². The lowest BCUT2D eigenvalue weighted by atomic mass is 9.93. The molecule has 1 amide bonds. The highest BCUT2D eigenvalue weighted by Crippen LogP contribution is 2.38. The number of carbonyl (C=O) groups excluding carboxylic acids is 1. The number of nitrogens with one attached hydrogen (secondary N) is 1. The average molecular weight is 304 g/mol. The molecule has 1 aliphatic rings. The van der Waals surface area contributed by atoms with Gasteiger partial charge in [-0.3, -0.25) is 9.48 Å². The summed E-state index contributed by atoms with van der Waals surface area (Å²) in [6, 6.07) is 0. The molecule has 0 saturated carbocycles. The van der Waals surface area contributed by atoms with Crippen LogP contribution in [-0.4, -0.2) is 27.5 Å². The quantitative estimate of drug-likeness (QED) is 0.938. The summed E-state index contributed by atoms with van der Waals surface area (Å²) in [4.78, 5) is 12.6. The van der Waals surface area contributed by atoms with E-state index in [1.54, 1.807) is 6.92 Å². The van der Waals surface area contributed by atoms with Crippen LogP contribution in [-0.2, 0) is 16.6 Å². The van der Waals surface area contributed by atoms with Crippen LogP contribution in [0.5, 0.6) is 0 Å². The fourth-order valence-electron chi connectivity index (χ4n) is 2.99. The summed E-state index contributed by atoms with van der Waals surface area (Å²) >= 11 is 0. The number of anilines is 1. The van der Waals surface area contributed by atoms with Crippen LogP contribution in [0.15, 0.2) is 10.7 Å². The topological polar surface area (TPSA) is 82.2 Å². The van der Waals surface area contributed by atoms with Crippen LogP contribution in [0.2, 0.25) is 0 Å². The molecule has 1 N–H and O–H groups in total. The van der Waals surface area contributed by atoms with E-state index in [2.05, 4.69) is 15.6 Å². The molecule has 7 nitrogen and oxygen atoms in total. The molecule has 0 aliphatic carbocycles. The molecule has 0 aromatic carbocycles. The molecule has 2 atom stereocenters. The van der Waals surface area contributed by atoms with Gasteiger partial charge in [0.25, 0.3) is 0 Å². The molecular formula is C15H20N4O3. The molecule has 0 radical (unpaired) electrons. The Morgan fingerprint density at radius 3 is 2.77 bits per heavy atom. The summed E-state index contributed by atoms with van der Waals surface area (Å²) in [5.74, 6) is 0.282. The molecule has 3 heterocycles. The lowest BCUT2D eigenvalue weighted by Gasteiger charge is -2.18. The summed E-state index contributed by atoms with van der Waals surface area (Å²) in [5.41, 5.74) is 3.56. The van der Waals surface area contributed by atoms with E-state index in [1.807, 2.05) is 25.6 Å². The van der Waals surface area contributed by atoms with Crippen LogP contribution in [0, 0.1) is 26.7 Å². The van der Waals surface area contributed by atoms with Crippen molar-refractivity contribution in [3.05, 3.63) is 28.9 Å². The number of rotatable bonds is 3. The minimum atomic E-state index is -0.256. The van der Waals surface area contributed by atoms with E-state index >= 15 is 0 Å². The predicted molar refractivity (Wildman–Crippen MR) is 79.4 cm³/mol. The van der Waals surface area contributed by atoms with E-state index in [4.69, 9.17) is 9.26 Å². The van der Waals surface area contributed by atoms with E-state index in [9.17, 15) is 4.79 Å². The molecule has 1 fully saturated rings. The largest absolute Gasteiger partial charge is 0.373 e. The lowest BCUT2D eigenvalue weighted by Crippen LogP contribution is -2.26. The standard InChI is InChI=1S/C15H20N4O3/c1-8-13(9(2)19(4)18-8)14-11(5-6-21-14)15(20)17-12-7-16-22-10(12)3/h7,11,14H,5-6H2,1-4H3,(H,17,20)/t11-,14-/m0/s1. The van der Waals surface area contributed by atoms with Crippen LogP contribution in [0.3, 0.4) is 0 Å². The number of amides is 1. The molecule has 0 unspecified atom stereocenters. The summed E-state index contributed by atoms with van der Waals surface area (Å²) < 4.78 is 12.6. The first-order chi connectivity index (χ1) is 10.5. The number of nitrogens with zero attached hydrogens (tertiary/aromatic N) is 3. The second kappa shape index (κ2) is 5.57. The Hall–Kier alpha value is -2.15. The number of hydrogen-bond acceptors (Lipinski definition) is 5. The summed E-state index contributed by atoms with van der Waals surface area (Å²) in [5, 5.41) is 11.0. The highest BCUT2D eigenvalue weighted by molar-refractivity contribution is 5.93. The van der Waals surface area contributed by atoms with Crippen LogP contribution in [0.1, 0.15) is 35.2 Å². The van der Waals surface area contributed by atoms with Gasteiger partial charge in [-0.1, -0.05) is 5.16 Å². The third-order valence-corrected chi connectivity index (χ3v) is 4.29. The van der Waals surface area contributed by atoms with Crippen molar-refractivity contribution in [3.63, 3.8) is 0 Å². The zero-order valence-electron chi connectivity index (χ0n) is 13.2. The molecule has 2 aromatic heterocycles. The Bertz CT molecular complexity index is 704. The van der Waals surface area contributed by atoms with Gasteiger partial charge in [-0.2, -0.15) is 5.10 Å². The van der Waals surface area contributed by atoms with Gasteiger partial charge in [0.15, 0.2) is 5.76 Å². The van der Waals surface area contributed by atoms with Gasteiger partial charge >= 0.3 is 0 Å². The minimum absolute atomic E-state index is 0.0727. The molecule has 118 valence electrons. The first-order valence-corrected chi connectivity index (χ1v) is 7.33. The van der Waals surface area contributed by atoms with Gasteiger partial charge in [-0.25, -0.2) is 0 Å². The number of hydrogen-bond donors (Lipinski definition) is 1. The van der Waals surface area contributed by atoms with Crippen LogP contribution < -0.4 is 5.32 Å². The van der Waals surface area contributed by atoms with Gasteiger partial charge in [0.2, 0.25) is 5.91 Å². The van der Waals surface area contributed by atoms with Gasteiger partial charge in [0.1, 0.15) is 5.69 Å². The van der Waals surface area contributed by atoms with Crippen LogP contribution >= 0.6 is 0 Å². The molecule has 0 bridgehead atoms. The van der Waals surface area contributed by atoms with E-state index in [1.165, 1.54) is 6.20 Å². The second-order valence-electron chi connectivity index (χ2n) is 5.68. The Morgan fingerprint density at radius 1 is 1.41 bits per heavy atom. The molecule has 3 rings (SSSR count). The summed E-state index contributed by atoms with van der Waals surface area (Å²) in [6.45, 7) is 6.28. The zero-order chi connectivity index (χ0) is 15.9. The monoisotopic (exact) mass is 304 g/mol. The molecule has 7 heteroatoms. The van der Waals surface area contributed by atoms with E-state index in [0.29, 0.717) is 24.5 Å². The Kier molecular flexibility index (Phi) is 3.74. The first-order valence-electron chi connectivity index (χ1n) is 7.33. The van der Waals surface area contributed by atoms with Gasteiger partial charge in [-0.05, 0) is 27.2 Å². The first kappa shape index (κ1) is 14.8. The molecule has 0 spiro atoms. The number of ether oxygens (including phenoxy) is 1. The number of carbonyl (C=O) groups is 1. The SMILES string of the molecule is Cc1nn(C)c(C)c1[C@H]1OCC[C@@H]1C(=O)Nc1cnoc1C. The van der Waals surface area contributed by atoms with Crippen molar-refractivity contribution >= 4 is 11.6 Å². The maximum Gasteiger partial charge on any atom is 0.230 e. The number of aromatic nitrogens is 3. The highest BCUT2D eigenvalue weighted by atomic mass is 16.5. The normalized spacial score (nSPS) is 21.3. The highest BCUT2D eigenvalue weighted by Gasteiger charge is 2.38. The van der Waals surface area contributed by atoms with Crippen molar-refractivity contribution in [2.75, 3.05) is 11.9 Å². The Balaban J connectivity index is 1.84. The summed E-state index contributed by atoms with van der Waals surface area (Å²) in [6.07, 6.45) is 1.95. The van der Waals surface area contributed by atoms with Gasteiger partial charge < -0.3 is 14.6 Å². The van der Waals surface area contributed by atoms with Crippen molar-refractivity contribution in [1.29, 1.82) is 0 Å². The van der Waals surface area contributed by atoms with Crippen LogP contribution in [0.4, 0.5) is 5.69 Å². The molecule has 2 aromatic rings. The van der Waals surface area contributed by atoms with Gasteiger partial charge in [-0.15, -0.1) is 0 Å². The average Bonchev–Trinajstić information content (AvgIpc) is 3.13. The van der Waals surface area contributed by atoms with Gasteiger partial charge in [0, 0.05) is 24.9 Å². The molecular weight excluding hydrogens is 284 g/mol. The third-order valence-electron chi connectivity index (χ3n) is 4.29. The van der Waals surface area contributed by atoms with Crippen molar-refractivity contribution in [3.8, 4) is 0 Å². The maximum absolute atomic E-state index is 12.6. The maximum atomic E-state index is 12.6. The van der Waals surface area contributed by atoms with Crippen molar-refractivity contribution in [1.82, 2.24) is 14.9 Å². The second-order valence-corrected chi connectivity index (χ2v) is 5.68. The van der Waals surface area contributed by atoms with E-state index in [-0.39, 0.29) is 17.9 Å².